The molecule has 2 unspecified atom stereocenters. The van der Waals surface area contributed by atoms with Gasteiger partial charge in [0.1, 0.15) is 5.76 Å². The summed E-state index contributed by atoms with van der Waals surface area (Å²) in [5, 5.41) is 19.6. The van der Waals surface area contributed by atoms with E-state index in [9.17, 15) is 19.8 Å². The summed E-state index contributed by atoms with van der Waals surface area (Å²) in [5.74, 6) is -1.00. The number of ether oxygens (including phenoxy) is 1. The first kappa shape index (κ1) is 14.1. The minimum atomic E-state index is -2.46. The lowest BCUT2D eigenvalue weighted by atomic mass is 9.93. The van der Waals surface area contributed by atoms with Crippen LogP contribution in [0.1, 0.15) is 24.4 Å². The molecule has 0 spiro atoms. The molecule has 1 aliphatic rings. The minimum Gasteiger partial charge on any atom is -0.461 e. The average Bonchev–Trinajstić information content (AvgIpc) is 2.80. The Morgan fingerprint density at radius 1 is 1.47 bits per heavy atom. The Morgan fingerprint density at radius 2 is 2.21 bits per heavy atom. The third kappa shape index (κ3) is 2.54. The predicted molar refractivity (Wildman–Crippen MR) is 66.2 cm³/mol. The molecule has 1 saturated heterocycles. The van der Waals surface area contributed by atoms with Crippen molar-refractivity contribution in [2.45, 2.75) is 30.5 Å². The van der Waals surface area contributed by atoms with Gasteiger partial charge in [0.2, 0.25) is 6.29 Å². The summed E-state index contributed by atoms with van der Waals surface area (Å²) in [6.45, 7) is 0. The summed E-state index contributed by atoms with van der Waals surface area (Å²) in [6.07, 6.45) is 0.289. The highest BCUT2D eigenvalue weighted by molar-refractivity contribution is 7.97. The second-order valence-corrected chi connectivity index (χ2v) is 5.10. The van der Waals surface area contributed by atoms with Gasteiger partial charge in [-0.15, -0.1) is 0 Å². The molecule has 1 aromatic rings. The van der Waals surface area contributed by atoms with E-state index in [0.717, 1.165) is 0 Å². The lowest BCUT2D eigenvalue weighted by Crippen LogP contribution is -2.43. The van der Waals surface area contributed by atoms with Crippen molar-refractivity contribution in [2.24, 2.45) is 0 Å². The maximum absolute atomic E-state index is 11.9. The number of furan rings is 1. The molecule has 2 heterocycles. The van der Waals surface area contributed by atoms with Crippen molar-refractivity contribution >= 4 is 23.5 Å². The van der Waals surface area contributed by atoms with Gasteiger partial charge in [-0.2, -0.15) is 11.8 Å². The highest BCUT2D eigenvalue weighted by Crippen LogP contribution is 2.31. The minimum absolute atomic E-state index is 0.0364. The molecule has 0 saturated carbocycles. The molecular formula is C12H14O6S. The molecule has 2 N–H and O–H groups in total. The van der Waals surface area contributed by atoms with Gasteiger partial charge in [-0.3, -0.25) is 4.79 Å². The van der Waals surface area contributed by atoms with Crippen LogP contribution in [0.4, 0.5) is 0 Å². The van der Waals surface area contributed by atoms with Crippen molar-refractivity contribution in [2.75, 3.05) is 6.26 Å². The molecule has 0 aliphatic carbocycles. The number of aliphatic hydroxyl groups excluding tert-OH is 1. The number of hydrogen-bond donors (Lipinski definition) is 2. The van der Waals surface area contributed by atoms with Crippen LogP contribution in [0.2, 0.25) is 0 Å². The van der Waals surface area contributed by atoms with Crippen LogP contribution in [0.15, 0.2) is 16.5 Å². The second-order valence-electron chi connectivity index (χ2n) is 4.23. The van der Waals surface area contributed by atoms with Crippen LogP contribution in [0, 0.1) is 0 Å². The molecule has 2 rings (SSSR count). The summed E-state index contributed by atoms with van der Waals surface area (Å²) >= 11 is 1.50. The van der Waals surface area contributed by atoms with E-state index in [1.807, 2.05) is 6.26 Å². The molecule has 7 heteroatoms. The van der Waals surface area contributed by atoms with Crippen LogP contribution in [-0.2, 0) is 25.7 Å². The molecular weight excluding hydrogens is 272 g/mol. The summed E-state index contributed by atoms with van der Waals surface area (Å²) in [5.41, 5.74) is -2.46. The number of thioether (sulfide) groups is 1. The molecule has 1 aromatic heterocycles. The number of Topliss-reactive ketones (excluding diaryl/α,β-unsaturated/α-hetero) is 1. The molecule has 1 aliphatic heterocycles. The highest BCUT2D eigenvalue weighted by Gasteiger charge is 2.52. The first-order valence-electron chi connectivity index (χ1n) is 5.71. The second kappa shape index (κ2) is 5.36. The molecule has 0 amide bonds. The highest BCUT2D eigenvalue weighted by atomic mass is 32.2. The van der Waals surface area contributed by atoms with Gasteiger partial charge in [-0.25, -0.2) is 4.79 Å². The van der Waals surface area contributed by atoms with E-state index in [1.165, 1.54) is 17.8 Å². The Morgan fingerprint density at radius 3 is 2.89 bits per heavy atom. The number of carbonyl (C=O) groups excluding carboxylic acids is 2. The van der Waals surface area contributed by atoms with Crippen LogP contribution in [0.5, 0.6) is 0 Å². The number of cyclic esters (lactones) is 1. The number of rotatable bonds is 3. The Hall–Kier alpha value is -1.31. The number of carbonyl (C=O) groups is 2. The maximum Gasteiger partial charge on any atom is 0.356 e. The van der Waals surface area contributed by atoms with E-state index in [4.69, 9.17) is 4.42 Å². The molecule has 2 atom stereocenters. The van der Waals surface area contributed by atoms with Crippen molar-refractivity contribution in [3.05, 3.63) is 23.7 Å². The average molecular weight is 286 g/mol. The summed E-state index contributed by atoms with van der Waals surface area (Å²) < 4.78 is 9.93. The van der Waals surface area contributed by atoms with Gasteiger partial charge in [0.05, 0.1) is 5.75 Å². The summed E-state index contributed by atoms with van der Waals surface area (Å²) in [7, 11) is 0. The standard InChI is InChI=1S/C12H14O6S/c1-19-6-7-2-4-9(17-7)12(16)8(13)3-5-10(14)18-11(12)15/h2,4,10,14,16H,3,5-6H2,1H3. The van der Waals surface area contributed by atoms with E-state index in [2.05, 4.69) is 4.74 Å². The Bertz CT molecular complexity index is 496. The molecule has 0 radical (unpaired) electrons. The lowest BCUT2D eigenvalue weighted by Gasteiger charge is -2.19. The Labute approximate surface area is 113 Å². The SMILES string of the molecule is CSCc1ccc(C2(O)C(=O)CCC(O)OC2=O)o1. The van der Waals surface area contributed by atoms with Gasteiger partial charge in [-0.05, 0) is 18.4 Å². The third-order valence-corrected chi connectivity index (χ3v) is 3.44. The Balaban J connectivity index is 2.36. The zero-order valence-corrected chi connectivity index (χ0v) is 11.1. The fourth-order valence-corrected chi connectivity index (χ4v) is 2.29. The first-order valence-corrected chi connectivity index (χ1v) is 7.10. The van der Waals surface area contributed by atoms with Crippen LogP contribution in [-0.4, -0.2) is 34.5 Å². The zero-order valence-electron chi connectivity index (χ0n) is 10.3. The molecule has 0 aromatic carbocycles. The predicted octanol–water partition coefficient (Wildman–Crippen LogP) is 0.555. The maximum atomic E-state index is 11.9. The molecule has 6 nitrogen and oxygen atoms in total. The largest absolute Gasteiger partial charge is 0.461 e. The van der Waals surface area contributed by atoms with Crippen LogP contribution in [0.25, 0.3) is 0 Å². The number of ketones is 1. The quantitative estimate of drug-likeness (QED) is 0.618. The van der Waals surface area contributed by atoms with Crippen molar-refractivity contribution in [3.8, 4) is 0 Å². The number of esters is 1. The van der Waals surface area contributed by atoms with E-state index in [0.29, 0.717) is 11.5 Å². The Kier molecular flexibility index (Phi) is 3.98. The fraction of sp³-hybridized carbons (Fsp3) is 0.500. The van der Waals surface area contributed by atoms with Gasteiger partial charge in [0.15, 0.2) is 11.5 Å². The first-order chi connectivity index (χ1) is 8.98. The van der Waals surface area contributed by atoms with Crippen molar-refractivity contribution in [1.82, 2.24) is 0 Å². The molecule has 104 valence electrons. The van der Waals surface area contributed by atoms with Crippen LogP contribution in [0.3, 0.4) is 0 Å². The van der Waals surface area contributed by atoms with Gasteiger partial charge in [-0.1, -0.05) is 0 Å². The molecule has 1 fully saturated rings. The zero-order chi connectivity index (χ0) is 14.0. The van der Waals surface area contributed by atoms with Gasteiger partial charge >= 0.3 is 5.97 Å². The monoisotopic (exact) mass is 286 g/mol. The molecule has 0 bridgehead atoms. The normalized spacial score (nSPS) is 28.1. The van der Waals surface area contributed by atoms with E-state index in [1.54, 1.807) is 6.07 Å². The van der Waals surface area contributed by atoms with E-state index < -0.39 is 23.6 Å². The van der Waals surface area contributed by atoms with Crippen LogP contribution < -0.4 is 0 Å². The lowest BCUT2D eigenvalue weighted by molar-refractivity contribution is -0.187. The topological polar surface area (TPSA) is 97.0 Å². The van der Waals surface area contributed by atoms with Crippen LogP contribution >= 0.6 is 11.8 Å². The number of aliphatic hydroxyl groups is 2. The van der Waals surface area contributed by atoms with Gasteiger partial charge in [0, 0.05) is 12.8 Å². The number of hydrogen-bond acceptors (Lipinski definition) is 7. The van der Waals surface area contributed by atoms with Crippen molar-refractivity contribution in [1.29, 1.82) is 0 Å². The summed E-state index contributed by atoms with van der Waals surface area (Å²) in [6, 6.07) is 2.97. The summed E-state index contributed by atoms with van der Waals surface area (Å²) in [4.78, 5) is 23.7. The third-order valence-electron chi connectivity index (χ3n) is 2.87. The smallest absolute Gasteiger partial charge is 0.356 e. The van der Waals surface area contributed by atoms with Gasteiger partial charge < -0.3 is 19.4 Å². The van der Waals surface area contributed by atoms with Crippen molar-refractivity contribution < 1.29 is 29.0 Å². The van der Waals surface area contributed by atoms with Gasteiger partial charge in [0.25, 0.3) is 5.60 Å². The van der Waals surface area contributed by atoms with E-state index in [-0.39, 0.29) is 18.6 Å². The fourth-order valence-electron chi connectivity index (χ4n) is 1.85. The van der Waals surface area contributed by atoms with E-state index >= 15 is 0 Å². The van der Waals surface area contributed by atoms with Crippen molar-refractivity contribution in [3.63, 3.8) is 0 Å². The molecule has 19 heavy (non-hydrogen) atoms.